The molecule has 5 nitrogen and oxygen atoms in total. The van der Waals surface area contributed by atoms with Crippen LogP contribution < -0.4 is 14.8 Å². The lowest BCUT2D eigenvalue weighted by Crippen LogP contribution is -2.42. The number of halogens is 3. The second-order valence-electron chi connectivity index (χ2n) is 6.70. The molecule has 1 fully saturated rings. The summed E-state index contributed by atoms with van der Waals surface area (Å²) in [6, 6.07) is 13.2. The van der Waals surface area contributed by atoms with Gasteiger partial charge in [-0.1, -0.05) is 28.1 Å². The van der Waals surface area contributed by atoms with Crippen LogP contribution in [0.1, 0.15) is 17.2 Å². The molecule has 0 radical (unpaired) electrons. The maximum absolute atomic E-state index is 12.7. The first-order chi connectivity index (χ1) is 14.1. The van der Waals surface area contributed by atoms with E-state index in [2.05, 4.69) is 43.0 Å². The van der Waals surface area contributed by atoms with Gasteiger partial charge in [-0.05, 0) is 35.9 Å². The number of ether oxygens (including phenoxy) is 3. The maximum Gasteiger partial charge on any atom is 0.387 e. The summed E-state index contributed by atoms with van der Waals surface area (Å²) in [6.07, 6.45) is 0. The fourth-order valence-electron chi connectivity index (χ4n) is 3.41. The van der Waals surface area contributed by atoms with Crippen LogP contribution >= 0.6 is 15.9 Å². The van der Waals surface area contributed by atoms with E-state index < -0.39 is 6.61 Å². The minimum atomic E-state index is -2.85. The fraction of sp³-hybridized carbons (Fsp3) is 0.429. The Morgan fingerprint density at radius 2 is 1.86 bits per heavy atom. The van der Waals surface area contributed by atoms with Gasteiger partial charge in [0.05, 0.1) is 20.3 Å². The third kappa shape index (κ3) is 6.37. The molecule has 1 heterocycles. The van der Waals surface area contributed by atoms with Crippen LogP contribution in [0.4, 0.5) is 8.78 Å². The van der Waals surface area contributed by atoms with Crippen molar-refractivity contribution >= 4 is 15.9 Å². The first kappa shape index (κ1) is 22.0. The van der Waals surface area contributed by atoms with Crippen LogP contribution in [0, 0.1) is 0 Å². The van der Waals surface area contributed by atoms with Crippen LogP contribution in [-0.4, -0.2) is 51.5 Å². The van der Waals surface area contributed by atoms with Crippen molar-refractivity contribution in [1.29, 1.82) is 0 Å². The zero-order valence-corrected chi connectivity index (χ0v) is 17.8. The van der Waals surface area contributed by atoms with E-state index in [4.69, 9.17) is 9.47 Å². The Balaban J connectivity index is 1.70. The number of alkyl halides is 2. The Hall–Kier alpha value is -1.74. The zero-order chi connectivity index (χ0) is 20.6. The summed E-state index contributed by atoms with van der Waals surface area (Å²) in [5.41, 5.74) is 1.84. The van der Waals surface area contributed by atoms with Crippen LogP contribution in [0.15, 0.2) is 46.9 Å². The largest absolute Gasteiger partial charge is 0.497 e. The van der Waals surface area contributed by atoms with Crippen molar-refractivity contribution in [1.82, 2.24) is 10.2 Å². The first-order valence-electron chi connectivity index (χ1n) is 9.46. The molecule has 0 saturated carbocycles. The van der Waals surface area contributed by atoms with E-state index in [-0.39, 0.29) is 11.8 Å². The van der Waals surface area contributed by atoms with Gasteiger partial charge in [0.1, 0.15) is 11.5 Å². The lowest BCUT2D eigenvalue weighted by atomic mass is 10.0. The van der Waals surface area contributed by atoms with Crippen LogP contribution in [-0.2, 0) is 11.3 Å². The summed E-state index contributed by atoms with van der Waals surface area (Å²) >= 11 is 3.39. The summed E-state index contributed by atoms with van der Waals surface area (Å²) in [4.78, 5) is 2.37. The normalized spacial score (nSPS) is 16.0. The molecule has 0 unspecified atom stereocenters. The first-order valence-corrected chi connectivity index (χ1v) is 10.3. The van der Waals surface area contributed by atoms with Crippen LogP contribution in [0.5, 0.6) is 11.5 Å². The minimum absolute atomic E-state index is 0.136. The van der Waals surface area contributed by atoms with Crippen LogP contribution in [0.3, 0.4) is 0 Å². The van der Waals surface area contributed by atoms with Crippen molar-refractivity contribution in [3.05, 3.63) is 58.1 Å². The van der Waals surface area contributed by atoms with Gasteiger partial charge in [-0.25, -0.2) is 0 Å². The van der Waals surface area contributed by atoms with Crippen molar-refractivity contribution in [3.8, 4) is 11.5 Å². The van der Waals surface area contributed by atoms with Crippen molar-refractivity contribution in [2.24, 2.45) is 0 Å². The average molecular weight is 471 g/mol. The summed E-state index contributed by atoms with van der Waals surface area (Å²) in [5, 5.41) is 3.41. The Morgan fingerprint density at radius 3 is 2.52 bits per heavy atom. The predicted molar refractivity (Wildman–Crippen MR) is 111 cm³/mol. The number of benzene rings is 2. The standard InChI is InChI=1S/C21H25BrF2N2O3/c1-27-18-5-2-15(3-6-18)19(26-8-10-28-11-9-26)14-25-13-16-12-17(22)4-7-20(16)29-21(23)24/h2-7,12,19,21,25H,8-11,13-14H2,1H3/t19-/m1/s1. The summed E-state index contributed by atoms with van der Waals surface area (Å²) < 4.78 is 41.6. The molecule has 0 aromatic heterocycles. The van der Waals surface area contributed by atoms with E-state index in [9.17, 15) is 8.78 Å². The molecule has 8 heteroatoms. The Kier molecular flexibility index (Phi) is 8.23. The van der Waals surface area contributed by atoms with Gasteiger partial charge < -0.3 is 19.5 Å². The topological polar surface area (TPSA) is 43.0 Å². The van der Waals surface area contributed by atoms with Gasteiger partial charge in [-0.2, -0.15) is 8.78 Å². The molecule has 1 aliphatic heterocycles. The number of nitrogens with one attached hydrogen (secondary N) is 1. The summed E-state index contributed by atoms with van der Waals surface area (Å²) in [5.74, 6) is 0.994. The number of morpholine rings is 1. The maximum atomic E-state index is 12.7. The van der Waals surface area contributed by atoms with Gasteiger partial charge in [0.2, 0.25) is 0 Å². The minimum Gasteiger partial charge on any atom is -0.497 e. The van der Waals surface area contributed by atoms with E-state index in [0.29, 0.717) is 31.9 Å². The van der Waals surface area contributed by atoms with E-state index in [0.717, 1.165) is 23.3 Å². The van der Waals surface area contributed by atoms with E-state index in [1.54, 1.807) is 25.3 Å². The third-order valence-corrected chi connectivity index (χ3v) is 5.37. The Morgan fingerprint density at radius 1 is 1.14 bits per heavy atom. The number of methoxy groups -OCH3 is 1. The van der Waals surface area contributed by atoms with E-state index in [1.807, 2.05) is 12.1 Å². The van der Waals surface area contributed by atoms with E-state index >= 15 is 0 Å². The molecule has 3 rings (SSSR count). The molecule has 2 aromatic carbocycles. The Bertz CT molecular complexity index is 771. The van der Waals surface area contributed by atoms with Crippen molar-refractivity contribution < 1.29 is 23.0 Å². The molecule has 1 saturated heterocycles. The quantitative estimate of drug-likeness (QED) is 0.594. The summed E-state index contributed by atoms with van der Waals surface area (Å²) in [7, 11) is 1.65. The second kappa shape index (κ2) is 10.9. The molecule has 158 valence electrons. The molecular formula is C21H25BrF2N2O3. The SMILES string of the molecule is COc1ccc([C@@H](CNCc2cc(Br)ccc2OC(F)F)N2CCOCC2)cc1. The molecule has 29 heavy (non-hydrogen) atoms. The highest BCUT2D eigenvalue weighted by molar-refractivity contribution is 9.10. The number of rotatable bonds is 9. The highest BCUT2D eigenvalue weighted by atomic mass is 79.9. The smallest absolute Gasteiger partial charge is 0.387 e. The van der Waals surface area contributed by atoms with Crippen molar-refractivity contribution in [2.45, 2.75) is 19.2 Å². The van der Waals surface area contributed by atoms with Gasteiger partial charge in [0.15, 0.2) is 0 Å². The number of nitrogens with zero attached hydrogens (tertiary/aromatic N) is 1. The van der Waals surface area contributed by atoms with Gasteiger partial charge >= 0.3 is 6.61 Å². The molecule has 2 aromatic rings. The van der Waals surface area contributed by atoms with Gasteiger partial charge in [-0.3, -0.25) is 4.90 Å². The molecular weight excluding hydrogens is 446 g/mol. The number of hydrogen-bond acceptors (Lipinski definition) is 5. The molecule has 1 atom stereocenters. The van der Waals surface area contributed by atoms with Crippen molar-refractivity contribution in [3.63, 3.8) is 0 Å². The second-order valence-corrected chi connectivity index (χ2v) is 7.61. The van der Waals surface area contributed by atoms with Gasteiger partial charge in [-0.15, -0.1) is 0 Å². The van der Waals surface area contributed by atoms with Crippen LogP contribution in [0.2, 0.25) is 0 Å². The van der Waals surface area contributed by atoms with Gasteiger partial charge in [0, 0.05) is 42.3 Å². The van der Waals surface area contributed by atoms with Gasteiger partial charge in [0.25, 0.3) is 0 Å². The van der Waals surface area contributed by atoms with Crippen molar-refractivity contribution in [2.75, 3.05) is 40.0 Å². The molecule has 0 amide bonds. The van der Waals surface area contributed by atoms with E-state index in [1.165, 1.54) is 5.56 Å². The molecule has 1 aliphatic rings. The Labute approximate surface area is 178 Å². The molecule has 1 N–H and O–H groups in total. The molecule has 0 aliphatic carbocycles. The monoisotopic (exact) mass is 470 g/mol. The van der Waals surface area contributed by atoms with Crippen LogP contribution in [0.25, 0.3) is 0 Å². The average Bonchev–Trinajstić information content (AvgIpc) is 2.73. The lowest BCUT2D eigenvalue weighted by molar-refractivity contribution is -0.0505. The number of hydrogen-bond donors (Lipinski definition) is 1. The highest BCUT2D eigenvalue weighted by Crippen LogP contribution is 2.26. The predicted octanol–water partition coefficient (Wildman–Crippen LogP) is 4.22. The fourth-order valence-corrected chi connectivity index (χ4v) is 3.82. The highest BCUT2D eigenvalue weighted by Gasteiger charge is 2.22. The third-order valence-electron chi connectivity index (χ3n) is 4.88. The molecule has 0 bridgehead atoms. The lowest BCUT2D eigenvalue weighted by Gasteiger charge is -2.35. The zero-order valence-electron chi connectivity index (χ0n) is 16.2. The molecule has 0 spiro atoms. The summed E-state index contributed by atoms with van der Waals surface area (Å²) in [6.45, 7) is 1.31.